The van der Waals surface area contributed by atoms with Crippen LogP contribution in [-0.4, -0.2) is 44.0 Å². The number of nitrogens with one attached hydrogen (secondary N) is 1. The van der Waals surface area contributed by atoms with Crippen LogP contribution in [-0.2, 0) is 9.53 Å². The molecule has 0 aliphatic carbocycles. The molecule has 2 aromatic carbocycles. The summed E-state index contributed by atoms with van der Waals surface area (Å²) in [5.74, 6) is 1.14. The van der Waals surface area contributed by atoms with Crippen LogP contribution >= 0.6 is 11.8 Å². The molecule has 0 spiro atoms. The Morgan fingerprint density at radius 1 is 1.00 bits per heavy atom. The molecule has 0 fully saturated rings. The van der Waals surface area contributed by atoms with Crippen molar-refractivity contribution in [3.8, 4) is 11.5 Å². The molecule has 0 saturated carbocycles. The summed E-state index contributed by atoms with van der Waals surface area (Å²) < 4.78 is 15.9. The van der Waals surface area contributed by atoms with Gasteiger partial charge in [0.1, 0.15) is 24.7 Å². The maximum absolute atomic E-state index is 12.4. The highest BCUT2D eigenvalue weighted by molar-refractivity contribution is 8.00. The maximum Gasteiger partial charge on any atom is 0.339 e. The normalized spacial score (nSPS) is 10.4. The monoisotopic (exact) mass is 403 g/mol. The third-order valence-electron chi connectivity index (χ3n) is 3.56. The zero-order valence-electron chi connectivity index (χ0n) is 16.3. The van der Waals surface area contributed by atoms with Crippen molar-refractivity contribution in [2.75, 3.05) is 26.1 Å². The second-order valence-electron chi connectivity index (χ2n) is 6.17. The van der Waals surface area contributed by atoms with Gasteiger partial charge in [-0.2, -0.15) is 0 Å². The summed E-state index contributed by atoms with van der Waals surface area (Å²) in [5.41, 5.74) is 0.439. The zero-order chi connectivity index (χ0) is 20.4. The van der Waals surface area contributed by atoms with Crippen molar-refractivity contribution in [1.82, 2.24) is 5.32 Å². The predicted molar refractivity (Wildman–Crippen MR) is 109 cm³/mol. The van der Waals surface area contributed by atoms with Gasteiger partial charge < -0.3 is 19.5 Å². The highest BCUT2D eigenvalue weighted by Crippen LogP contribution is 2.23. The molecule has 0 unspecified atom stereocenters. The Morgan fingerprint density at radius 3 is 2.36 bits per heavy atom. The van der Waals surface area contributed by atoms with E-state index in [0.717, 1.165) is 5.75 Å². The lowest BCUT2D eigenvalue weighted by Gasteiger charge is -2.11. The van der Waals surface area contributed by atoms with Gasteiger partial charge in [-0.1, -0.05) is 12.1 Å². The number of esters is 1. The van der Waals surface area contributed by atoms with Crippen molar-refractivity contribution in [3.05, 3.63) is 54.1 Å². The molecule has 28 heavy (non-hydrogen) atoms. The minimum absolute atomic E-state index is 0.0731. The summed E-state index contributed by atoms with van der Waals surface area (Å²) in [6, 6.07) is 14.3. The lowest BCUT2D eigenvalue weighted by Crippen LogP contribution is -2.31. The highest BCUT2D eigenvalue weighted by atomic mass is 32.2. The summed E-state index contributed by atoms with van der Waals surface area (Å²) in [7, 11) is 1.60. The number of carbonyl (C=O) groups excluding carboxylic acids is 2. The van der Waals surface area contributed by atoms with E-state index >= 15 is 0 Å². The Kier molecular flexibility index (Phi) is 8.68. The number of ether oxygens (including phenoxy) is 3. The van der Waals surface area contributed by atoms with Crippen molar-refractivity contribution < 1.29 is 23.8 Å². The van der Waals surface area contributed by atoms with Crippen LogP contribution in [0.25, 0.3) is 0 Å². The number of amides is 1. The van der Waals surface area contributed by atoms with Crippen LogP contribution in [0.4, 0.5) is 0 Å². The van der Waals surface area contributed by atoms with Crippen LogP contribution in [0.2, 0.25) is 0 Å². The summed E-state index contributed by atoms with van der Waals surface area (Å²) in [5, 5.41) is 2.83. The van der Waals surface area contributed by atoms with E-state index in [1.165, 1.54) is 11.8 Å². The molecule has 2 aromatic rings. The molecular weight excluding hydrogens is 378 g/mol. The fourth-order valence-electron chi connectivity index (χ4n) is 2.31. The molecule has 7 heteroatoms. The molecule has 0 aliphatic heterocycles. The van der Waals surface area contributed by atoms with E-state index in [2.05, 4.69) is 5.32 Å². The van der Waals surface area contributed by atoms with Gasteiger partial charge in [0, 0.05) is 10.9 Å². The van der Waals surface area contributed by atoms with Crippen LogP contribution in [0.15, 0.2) is 53.4 Å². The van der Waals surface area contributed by atoms with E-state index in [4.69, 9.17) is 14.2 Å². The van der Waals surface area contributed by atoms with E-state index in [1.807, 2.05) is 19.9 Å². The van der Waals surface area contributed by atoms with E-state index < -0.39 is 5.97 Å². The molecule has 0 radical (unpaired) electrons. The van der Waals surface area contributed by atoms with E-state index in [1.54, 1.807) is 49.6 Å². The summed E-state index contributed by atoms with van der Waals surface area (Å²) in [6.45, 7) is 4.17. The van der Waals surface area contributed by atoms with Gasteiger partial charge >= 0.3 is 5.97 Å². The Balaban J connectivity index is 1.82. The molecule has 1 amide bonds. The summed E-state index contributed by atoms with van der Waals surface area (Å²) in [6.07, 6.45) is 0. The van der Waals surface area contributed by atoms with Crippen LogP contribution < -0.4 is 14.8 Å². The van der Waals surface area contributed by atoms with Crippen LogP contribution in [0, 0.1) is 0 Å². The molecule has 1 N–H and O–H groups in total. The first-order chi connectivity index (χ1) is 13.5. The number of hydrogen-bond acceptors (Lipinski definition) is 6. The van der Waals surface area contributed by atoms with Gasteiger partial charge in [0.2, 0.25) is 5.91 Å². The van der Waals surface area contributed by atoms with Gasteiger partial charge in [0.15, 0.2) is 0 Å². The van der Waals surface area contributed by atoms with Crippen LogP contribution in [0.5, 0.6) is 11.5 Å². The average Bonchev–Trinajstić information content (AvgIpc) is 2.69. The molecule has 0 bridgehead atoms. The quantitative estimate of drug-likeness (QED) is 0.372. The summed E-state index contributed by atoms with van der Waals surface area (Å²) >= 11 is 1.31. The molecular formula is C21H25NO5S. The average molecular weight is 404 g/mol. The fraction of sp³-hybridized carbons (Fsp3) is 0.333. The van der Waals surface area contributed by atoms with Crippen molar-refractivity contribution in [2.24, 2.45) is 0 Å². The molecule has 0 heterocycles. The minimum atomic E-state index is -0.439. The van der Waals surface area contributed by atoms with Crippen LogP contribution in [0.3, 0.4) is 0 Å². The molecule has 150 valence electrons. The lowest BCUT2D eigenvalue weighted by atomic mass is 10.2. The van der Waals surface area contributed by atoms with E-state index in [-0.39, 0.29) is 30.9 Å². The zero-order valence-corrected chi connectivity index (χ0v) is 17.1. The van der Waals surface area contributed by atoms with Crippen molar-refractivity contribution in [2.45, 2.75) is 24.8 Å². The highest BCUT2D eigenvalue weighted by Gasteiger charge is 2.14. The smallest absolute Gasteiger partial charge is 0.339 e. The first-order valence-corrected chi connectivity index (χ1v) is 9.93. The number of rotatable bonds is 10. The van der Waals surface area contributed by atoms with Gasteiger partial charge in [-0.3, -0.25) is 4.79 Å². The van der Waals surface area contributed by atoms with Crippen molar-refractivity contribution in [3.63, 3.8) is 0 Å². The SMILES string of the molecule is COc1ccc(OCCOC(=O)c2ccccc2SCC(=O)NC(C)C)cc1. The number of methoxy groups -OCH3 is 1. The molecule has 0 saturated heterocycles. The van der Waals surface area contributed by atoms with Crippen molar-refractivity contribution in [1.29, 1.82) is 0 Å². The second-order valence-corrected chi connectivity index (χ2v) is 7.18. The first kappa shape index (κ1) is 21.6. The molecule has 0 aromatic heterocycles. The minimum Gasteiger partial charge on any atom is -0.497 e. The Morgan fingerprint density at radius 2 is 1.68 bits per heavy atom. The molecule has 2 rings (SSSR count). The summed E-state index contributed by atoms with van der Waals surface area (Å²) in [4.78, 5) is 24.9. The Hall–Kier alpha value is -2.67. The Bertz CT molecular complexity index is 777. The maximum atomic E-state index is 12.4. The third-order valence-corrected chi connectivity index (χ3v) is 4.63. The number of carbonyl (C=O) groups is 2. The number of thioether (sulfide) groups is 1. The molecule has 0 aliphatic rings. The van der Waals surface area contributed by atoms with Gasteiger partial charge in [-0.25, -0.2) is 4.79 Å². The van der Waals surface area contributed by atoms with Crippen molar-refractivity contribution >= 4 is 23.6 Å². The van der Waals surface area contributed by atoms with Gasteiger partial charge in [-0.15, -0.1) is 11.8 Å². The molecule has 6 nitrogen and oxygen atoms in total. The predicted octanol–water partition coefficient (Wildman–Crippen LogP) is 3.55. The van der Waals surface area contributed by atoms with E-state index in [9.17, 15) is 9.59 Å². The fourth-order valence-corrected chi connectivity index (χ4v) is 3.16. The third kappa shape index (κ3) is 7.15. The largest absolute Gasteiger partial charge is 0.497 e. The lowest BCUT2D eigenvalue weighted by molar-refractivity contribution is -0.119. The van der Waals surface area contributed by atoms with Gasteiger partial charge in [0.25, 0.3) is 0 Å². The number of hydrogen-bond donors (Lipinski definition) is 1. The van der Waals surface area contributed by atoms with Crippen LogP contribution in [0.1, 0.15) is 24.2 Å². The topological polar surface area (TPSA) is 73.9 Å². The standard InChI is InChI=1S/C21H25NO5S/c1-15(2)22-20(23)14-28-19-7-5-4-6-18(19)21(24)27-13-12-26-17-10-8-16(25-3)9-11-17/h4-11,15H,12-14H2,1-3H3,(H,22,23). The van der Waals surface area contributed by atoms with Gasteiger partial charge in [-0.05, 0) is 50.2 Å². The first-order valence-electron chi connectivity index (χ1n) is 8.94. The second kappa shape index (κ2) is 11.2. The number of benzene rings is 2. The van der Waals surface area contributed by atoms with Gasteiger partial charge in [0.05, 0.1) is 18.4 Å². The van der Waals surface area contributed by atoms with E-state index in [0.29, 0.717) is 16.2 Å². The molecule has 0 atom stereocenters. The Labute approximate surface area is 169 Å².